The van der Waals surface area contributed by atoms with E-state index in [1.54, 1.807) is 6.20 Å². The fourth-order valence-corrected chi connectivity index (χ4v) is 3.45. The second kappa shape index (κ2) is 8.41. The normalized spacial score (nSPS) is 21.4. The standard InChI is InChI=1S/C20H27N3O2/c1-15-13-23(14-16(2)25-15)11-4-3-9-22-20(24)18-7-8-19-17(12-18)6-5-10-21-19/h5-8,10,12,15-16H,3-4,9,11,13-14H2,1-2H3,(H,22,24)/t15-,16+. The molecule has 1 N–H and O–H groups in total. The molecule has 1 amide bonds. The van der Waals surface area contributed by atoms with Gasteiger partial charge in [0.05, 0.1) is 17.7 Å². The molecule has 2 heterocycles. The van der Waals surface area contributed by atoms with Gasteiger partial charge in [0, 0.05) is 36.8 Å². The summed E-state index contributed by atoms with van der Waals surface area (Å²) in [5, 5.41) is 4.01. The van der Waals surface area contributed by atoms with Gasteiger partial charge in [-0.1, -0.05) is 6.07 Å². The molecule has 1 aromatic heterocycles. The summed E-state index contributed by atoms with van der Waals surface area (Å²) in [6.45, 7) is 8.03. The third-order valence-electron chi connectivity index (χ3n) is 4.55. The average Bonchev–Trinajstić information content (AvgIpc) is 2.60. The highest BCUT2D eigenvalue weighted by molar-refractivity contribution is 5.97. The summed E-state index contributed by atoms with van der Waals surface area (Å²) in [5.41, 5.74) is 1.60. The van der Waals surface area contributed by atoms with Crippen molar-refractivity contribution < 1.29 is 9.53 Å². The van der Waals surface area contributed by atoms with Crippen LogP contribution in [0.2, 0.25) is 0 Å². The van der Waals surface area contributed by atoms with Gasteiger partial charge in [-0.3, -0.25) is 14.7 Å². The Balaban J connectivity index is 1.40. The fourth-order valence-electron chi connectivity index (χ4n) is 3.45. The summed E-state index contributed by atoms with van der Waals surface area (Å²) in [7, 11) is 0. The van der Waals surface area contributed by atoms with E-state index in [1.165, 1.54) is 0 Å². The van der Waals surface area contributed by atoms with Crippen LogP contribution in [0.4, 0.5) is 0 Å². The van der Waals surface area contributed by atoms with Crippen LogP contribution in [0.5, 0.6) is 0 Å². The van der Waals surface area contributed by atoms with Crippen molar-refractivity contribution in [3.8, 4) is 0 Å². The smallest absolute Gasteiger partial charge is 0.251 e. The number of amides is 1. The van der Waals surface area contributed by atoms with Crippen molar-refractivity contribution in [2.24, 2.45) is 0 Å². The van der Waals surface area contributed by atoms with Gasteiger partial charge in [0.15, 0.2) is 0 Å². The molecule has 1 fully saturated rings. The van der Waals surface area contributed by atoms with E-state index in [4.69, 9.17) is 4.74 Å². The number of unbranched alkanes of at least 4 members (excludes halogenated alkanes) is 1. The van der Waals surface area contributed by atoms with E-state index in [0.29, 0.717) is 24.3 Å². The number of hydrogen-bond donors (Lipinski definition) is 1. The zero-order chi connectivity index (χ0) is 17.6. The fraction of sp³-hybridized carbons (Fsp3) is 0.500. The minimum Gasteiger partial charge on any atom is -0.373 e. The van der Waals surface area contributed by atoms with Gasteiger partial charge >= 0.3 is 0 Å². The highest BCUT2D eigenvalue weighted by Gasteiger charge is 2.21. The molecule has 134 valence electrons. The second-order valence-corrected chi connectivity index (χ2v) is 6.89. The average molecular weight is 341 g/mol. The van der Waals surface area contributed by atoms with E-state index >= 15 is 0 Å². The number of rotatable bonds is 6. The first-order chi connectivity index (χ1) is 12.1. The van der Waals surface area contributed by atoms with E-state index in [1.807, 2.05) is 30.3 Å². The Labute approximate surface area is 149 Å². The van der Waals surface area contributed by atoms with Crippen LogP contribution in [0.15, 0.2) is 36.5 Å². The van der Waals surface area contributed by atoms with Crippen LogP contribution in [-0.2, 0) is 4.74 Å². The molecule has 2 aromatic rings. The van der Waals surface area contributed by atoms with Gasteiger partial charge in [-0.25, -0.2) is 0 Å². The Kier molecular flexibility index (Phi) is 6.00. The molecule has 0 aliphatic carbocycles. The molecular formula is C20H27N3O2. The van der Waals surface area contributed by atoms with E-state index in [-0.39, 0.29) is 5.91 Å². The van der Waals surface area contributed by atoms with Crippen molar-refractivity contribution >= 4 is 16.8 Å². The first-order valence-electron chi connectivity index (χ1n) is 9.12. The van der Waals surface area contributed by atoms with Gasteiger partial charge in [-0.15, -0.1) is 0 Å². The van der Waals surface area contributed by atoms with E-state index in [0.717, 1.165) is 43.4 Å². The predicted octanol–water partition coefficient (Wildman–Crippen LogP) is 2.85. The van der Waals surface area contributed by atoms with Crippen molar-refractivity contribution in [3.63, 3.8) is 0 Å². The lowest BCUT2D eigenvalue weighted by Crippen LogP contribution is -2.45. The molecule has 5 nitrogen and oxygen atoms in total. The zero-order valence-electron chi connectivity index (χ0n) is 15.1. The molecule has 0 unspecified atom stereocenters. The van der Waals surface area contributed by atoms with Crippen LogP contribution >= 0.6 is 0 Å². The first kappa shape index (κ1) is 17.8. The number of hydrogen-bond acceptors (Lipinski definition) is 4. The van der Waals surface area contributed by atoms with E-state index < -0.39 is 0 Å². The molecule has 25 heavy (non-hydrogen) atoms. The molecule has 0 bridgehead atoms. The summed E-state index contributed by atoms with van der Waals surface area (Å²) >= 11 is 0. The monoisotopic (exact) mass is 341 g/mol. The Hall–Kier alpha value is -1.98. The van der Waals surface area contributed by atoms with Crippen LogP contribution in [0.1, 0.15) is 37.0 Å². The number of morpholine rings is 1. The summed E-state index contributed by atoms with van der Waals surface area (Å²) in [4.78, 5) is 19.0. The van der Waals surface area contributed by atoms with Gasteiger partial charge in [0.2, 0.25) is 0 Å². The van der Waals surface area contributed by atoms with Crippen molar-refractivity contribution in [2.75, 3.05) is 26.2 Å². The Bertz CT molecular complexity index is 709. The van der Waals surface area contributed by atoms with Gasteiger partial charge < -0.3 is 10.1 Å². The Morgan fingerprint density at radius 2 is 2.04 bits per heavy atom. The van der Waals surface area contributed by atoms with Gasteiger partial charge in [-0.2, -0.15) is 0 Å². The Morgan fingerprint density at radius 3 is 2.84 bits per heavy atom. The minimum absolute atomic E-state index is 0.0145. The lowest BCUT2D eigenvalue weighted by Gasteiger charge is -2.35. The SMILES string of the molecule is C[C@@H]1CN(CCCCNC(=O)c2ccc3ncccc3c2)C[C@H](C)O1. The van der Waals surface area contributed by atoms with Gasteiger partial charge in [-0.05, 0) is 57.5 Å². The lowest BCUT2D eigenvalue weighted by molar-refractivity contribution is -0.0681. The summed E-state index contributed by atoms with van der Waals surface area (Å²) in [6, 6.07) is 9.49. The number of nitrogens with zero attached hydrogens (tertiary/aromatic N) is 2. The molecule has 1 aromatic carbocycles. The van der Waals surface area contributed by atoms with Crippen LogP contribution in [0.25, 0.3) is 10.9 Å². The molecule has 2 atom stereocenters. The number of ether oxygens (including phenoxy) is 1. The largest absolute Gasteiger partial charge is 0.373 e. The first-order valence-corrected chi connectivity index (χ1v) is 9.12. The predicted molar refractivity (Wildman–Crippen MR) is 99.8 cm³/mol. The van der Waals surface area contributed by atoms with Crippen molar-refractivity contribution in [2.45, 2.75) is 38.9 Å². The third-order valence-corrected chi connectivity index (χ3v) is 4.55. The maximum Gasteiger partial charge on any atom is 0.251 e. The summed E-state index contributed by atoms with van der Waals surface area (Å²) in [5.74, 6) is -0.0145. The van der Waals surface area contributed by atoms with Crippen LogP contribution in [0, 0.1) is 0 Å². The highest BCUT2D eigenvalue weighted by Crippen LogP contribution is 2.13. The molecular weight excluding hydrogens is 314 g/mol. The van der Waals surface area contributed by atoms with Crippen molar-refractivity contribution in [1.82, 2.24) is 15.2 Å². The van der Waals surface area contributed by atoms with E-state index in [9.17, 15) is 4.79 Å². The van der Waals surface area contributed by atoms with E-state index in [2.05, 4.69) is 29.0 Å². The highest BCUT2D eigenvalue weighted by atomic mass is 16.5. The number of aromatic nitrogens is 1. The Morgan fingerprint density at radius 1 is 1.24 bits per heavy atom. The topological polar surface area (TPSA) is 54.5 Å². The zero-order valence-corrected chi connectivity index (χ0v) is 15.1. The molecule has 1 saturated heterocycles. The number of carbonyl (C=O) groups excluding carboxylic acids is 1. The lowest BCUT2D eigenvalue weighted by atomic mass is 10.1. The molecule has 0 spiro atoms. The van der Waals surface area contributed by atoms with Gasteiger partial charge in [0.1, 0.15) is 0 Å². The second-order valence-electron chi connectivity index (χ2n) is 6.89. The van der Waals surface area contributed by atoms with Crippen LogP contribution < -0.4 is 5.32 Å². The maximum absolute atomic E-state index is 12.3. The van der Waals surface area contributed by atoms with Gasteiger partial charge in [0.25, 0.3) is 5.91 Å². The summed E-state index contributed by atoms with van der Waals surface area (Å²) < 4.78 is 5.75. The third kappa shape index (κ3) is 5.00. The molecule has 0 saturated carbocycles. The van der Waals surface area contributed by atoms with Crippen molar-refractivity contribution in [3.05, 3.63) is 42.1 Å². The quantitative estimate of drug-likeness (QED) is 0.821. The number of benzene rings is 1. The summed E-state index contributed by atoms with van der Waals surface area (Å²) in [6.07, 6.45) is 4.46. The maximum atomic E-state index is 12.3. The minimum atomic E-state index is -0.0145. The molecule has 5 heteroatoms. The molecule has 3 rings (SSSR count). The molecule has 1 aliphatic rings. The van der Waals surface area contributed by atoms with Crippen molar-refractivity contribution in [1.29, 1.82) is 0 Å². The molecule has 0 radical (unpaired) electrons. The van der Waals surface area contributed by atoms with Crippen LogP contribution in [0.3, 0.4) is 0 Å². The number of carbonyl (C=O) groups is 1. The number of pyridine rings is 1. The number of fused-ring (bicyclic) bond motifs is 1. The van der Waals surface area contributed by atoms with Crippen LogP contribution in [-0.4, -0.2) is 54.2 Å². The molecule has 1 aliphatic heterocycles. The number of nitrogens with one attached hydrogen (secondary N) is 1.